The van der Waals surface area contributed by atoms with Gasteiger partial charge >= 0.3 is 6.18 Å². The largest absolute Gasteiger partial charge is 0.421 e. The molecular formula is C12H12F3N3O. The standard InChI is InChI=1S/C12H12F3N3O/c13-12(14,15)9-4-1-3-8(7-9)11-18-17-10(19-11)5-2-6-16/h1,3-4,7H,2,5-6,16H2. The van der Waals surface area contributed by atoms with E-state index in [1.54, 1.807) is 0 Å². The lowest BCUT2D eigenvalue weighted by Crippen LogP contribution is -2.04. The van der Waals surface area contributed by atoms with E-state index < -0.39 is 11.7 Å². The molecule has 0 spiro atoms. The first-order valence-electron chi connectivity index (χ1n) is 5.71. The highest BCUT2D eigenvalue weighted by Crippen LogP contribution is 2.31. The zero-order valence-electron chi connectivity index (χ0n) is 9.94. The van der Waals surface area contributed by atoms with Gasteiger partial charge in [-0.2, -0.15) is 13.2 Å². The number of aromatic nitrogens is 2. The number of aryl methyl sites for hydroxylation is 1. The summed E-state index contributed by atoms with van der Waals surface area (Å²) >= 11 is 0. The Bertz CT molecular complexity index is 551. The Labute approximate surface area is 107 Å². The number of hydrogen-bond donors (Lipinski definition) is 1. The van der Waals surface area contributed by atoms with E-state index in [4.69, 9.17) is 10.2 Å². The fourth-order valence-corrected chi connectivity index (χ4v) is 1.55. The van der Waals surface area contributed by atoms with Crippen molar-refractivity contribution in [1.29, 1.82) is 0 Å². The van der Waals surface area contributed by atoms with Crippen molar-refractivity contribution in [2.24, 2.45) is 5.73 Å². The lowest BCUT2D eigenvalue weighted by molar-refractivity contribution is -0.137. The summed E-state index contributed by atoms with van der Waals surface area (Å²) in [5.74, 6) is 0.455. The summed E-state index contributed by atoms with van der Waals surface area (Å²) in [6.07, 6.45) is -3.19. The molecule has 2 rings (SSSR count). The van der Waals surface area contributed by atoms with Crippen LogP contribution >= 0.6 is 0 Å². The van der Waals surface area contributed by atoms with Crippen LogP contribution in [0.4, 0.5) is 13.2 Å². The van der Waals surface area contributed by atoms with Gasteiger partial charge in [0.1, 0.15) is 0 Å². The maximum absolute atomic E-state index is 12.6. The molecule has 2 aromatic rings. The molecule has 0 unspecified atom stereocenters. The lowest BCUT2D eigenvalue weighted by Gasteiger charge is -2.06. The van der Waals surface area contributed by atoms with E-state index in [-0.39, 0.29) is 11.5 Å². The quantitative estimate of drug-likeness (QED) is 0.928. The molecule has 0 aliphatic carbocycles. The van der Waals surface area contributed by atoms with Gasteiger partial charge in [-0.1, -0.05) is 6.07 Å². The predicted octanol–water partition coefficient (Wildman–Crippen LogP) is 2.65. The molecule has 102 valence electrons. The molecule has 19 heavy (non-hydrogen) atoms. The number of nitrogens with zero attached hydrogens (tertiary/aromatic N) is 2. The van der Waals surface area contributed by atoms with Crippen LogP contribution in [-0.2, 0) is 12.6 Å². The molecule has 0 radical (unpaired) electrons. The molecular weight excluding hydrogens is 259 g/mol. The molecule has 2 N–H and O–H groups in total. The van der Waals surface area contributed by atoms with E-state index in [0.717, 1.165) is 12.1 Å². The average Bonchev–Trinajstić information content (AvgIpc) is 2.84. The Morgan fingerprint density at radius 3 is 2.68 bits per heavy atom. The topological polar surface area (TPSA) is 64.9 Å². The fourth-order valence-electron chi connectivity index (χ4n) is 1.55. The van der Waals surface area contributed by atoms with Crippen LogP contribution in [0.25, 0.3) is 11.5 Å². The van der Waals surface area contributed by atoms with Crippen molar-refractivity contribution in [3.63, 3.8) is 0 Å². The second kappa shape index (κ2) is 5.40. The van der Waals surface area contributed by atoms with Crippen molar-refractivity contribution in [1.82, 2.24) is 10.2 Å². The van der Waals surface area contributed by atoms with Crippen LogP contribution in [0.15, 0.2) is 28.7 Å². The smallest absolute Gasteiger partial charge is 0.416 e. The first kappa shape index (κ1) is 13.5. The number of alkyl halides is 3. The highest BCUT2D eigenvalue weighted by molar-refractivity contribution is 5.54. The monoisotopic (exact) mass is 271 g/mol. The van der Waals surface area contributed by atoms with Crippen LogP contribution in [0.2, 0.25) is 0 Å². The minimum atomic E-state index is -4.39. The van der Waals surface area contributed by atoms with Crippen molar-refractivity contribution in [2.45, 2.75) is 19.0 Å². The minimum Gasteiger partial charge on any atom is -0.421 e. The van der Waals surface area contributed by atoms with E-state index >= 15 is 0 Å². The second-order valence-electron chi connectivity index (χ2n) is 3.97. The summed E-state index contributed by atoms with van der Waals surface area (Å²) in [6.45, 7) is 0.487. The Kier molecular flexibility index (Phi) is 3.84. The summed E-state index contributed by atoms with van der Waals surface area (Å²) < 4.78 is 43.0. The third-order valence-corrected chi connectivity index (χ3v) is 2.50. The third kappa shape index (κ3) is 3.31. The Morgan fingerprint density at radius 2 is 2.00 bits per heavy atom. The Morgan fingerprint density at radius 1 is 1.21 bits per heavy atom. The molecule has 1 aromatic heterocycles. The number of hydrogen-bond acceptors (Lipinski definition) is 4. The molecule has 0 fully saturated rings. The van der Waals surface area contributed by atoms with Gasteiger partial charge in [0.15, 0.2) is 0 Å². The lowest BCUT2D eigenvalue weighted by atomic mass is 10.1. The summed E-state index contributed by atoms with van der Waals surface area (Å²) in [6, 6.07) is 4.78. The zero-order valence-corrected chi connectivity index (χ0v) is 9.94. The Hall–Kier alpha value is -1.89. The first-order valence-corrected chi connectivity index (χ1v) is 5.71. The fraction of sp³-hybridized carbons (Fsp3) is 0.333. The van der Waals surface area contributed by atoms with Crippen LogP contribution in [-0.4, -0.2) is 16.7 Å². The molecule has 7 heteroatoms. The molecule has 0 atom stereocenters. The zero-order chi connectivity index (χ0) is 13.9. The normalized spacial score (nSPS) is 11.8. The number of halogens is 3. The maximum Gasteiger partial charge on any atom is 0.416 e. The summed E-state index contributed by atoms with van der Waals surface area (Å²) in [5, 5.41) is 7.51. The molecule has 0 bridgehead atoms. The summed E-state index contributed by atoms with van der Waals surface area (Å²) in [4.78, 5) is 0. The molecule has 0 saturated heterocycles. The molecule has 0 aliphatic rings. The summed E-state index contributed by atoms with van der Waals surface area (Å²) in [5.41, 5.74) is 4.85. The van der Waals surface area contributed by atoms with Gasteiger partial charge in [0.2, 0.25) is 11.8 Å². The third-order valence-electron chi connectivity index (χ3n) is 2.50. The molecule has 0 aliphatic heterocycles. The van der Waals surface area contributed by atoms with Crippen LogP contribution in [0.3, 0.4) is 0 Å². The van der Waals surface area contributed by atoms with Crippen molar-refractivity contribution >= 4 is 0 Å². The Balaban J connectivity index is 2.24. The van der Waals surface area contributed by atoms with Crippen molar-refractivity contribution in [2.75, 3.05) is 6.54 Å². The van der Waals surface area contributed by atoms with Crippen molar-refractivity contribution in [3.8, 4) is 11.5 Å². The van der Waals surface area contributed by atoms with Gasteiger partial charge in [-0.15, -0.1) is 10.2 Å². The van der Waals surface area contributed by atoms with Crippen LogP contribution in [0.5, 0.6) is 0 Å². The van der Waals surface area contributed by atoms with E-state index in [2.05, 4.69) is 10.2 Å². The van der Waals surface area contributed by atoms with E-state index in [0.29, 0.717) is 25.3 Å². The van der Waals surface area contributed by atoms with Crippen molar-refractivity contribution in [3.05, 3.63) is 35.7 Å². The highest BCUT2D eigenvalue weighted by Gasteiger charge is 2.30. The predicted molar refractivity (Wildman–Crippen MR) is 62.1 cm³/mol. The second-order valence-corrected chi connectivity index (χ2v) is 3.97. The van der Waals surface area contributed by atoms with Gasteiger partial charge in [0, 0.05) is 12.0 Å². The van der Waals surface area contributed by atoms with Gasteiger partial charge in [-0.05, 0) is 31.2 Å². The van der Waals surface area contributed by atoms with Crippen LogP contribution in [0, 0.1) is 0 Å². The molecule has 0 saturated carbocycles. The number of rotatable bonds is 4. The number of benzene rings is 1. The molecule has 1 heterocycles. The average molecular weight is 271 g/mol. The van der Waals surface area contributed by atoms with E-state index in [1.165, 1.54) is 12.1 Å². The van der Waals surface area contributed by atoms with E-state index in [9.17, 15) is 13.2 Å². The summed E-state index contributed by atoms with van der Waals surface area (Å²) in [7, 11) is 0. The van der Waals surface area contributed by atoms with Gasteiger partial charge < -0.3 is 10.2 Å². The van der Waals surface area contributed by atoms with E-state index in [1.807, 2.05) is 0 Å². The first-order chi connectivity index (χ1) is 9.00. The molecule has 1 aromatic carbocycles. The molecule has 4 nitrogen and oxygen atoms in total. The molecule has 0 amide bonds. The van der Waals surface area contributed by atoms with Gasteiger partial charge in [0.25, 0.3) is 0 Å². The van der Waals surface area contributed by atoms with Gasteiger partial charge in [-0.3, -0.25) is 0 Å². The van der Waals surface area contributed by atoms with Crippen LogP contribution in [0.1, 0.15) is 17.9 Å². The number of nitrogens with two attached hydrogens (primary N) is 1. The van der Waals surface area contributed by atoms with Gasteiger partial charge in [-0.25, -0.2) is 0 Å². The van der Waals surface area contributed by atoms with Gasteiger partial charge in [0.05, 0.1) is 5.56 Å². The van der Waals surface area contributed by atoms with Crippen molar-refractivity contribution < 1.29 is 17.6 Å². The maximum atomic E-state index is 12.6. The minimum absolute atomic E-state index is 0.0816. The van der Waals surface area contributed by atoms with Crippen LogP contribution < -0.4 is 5.73 Å². The highest BCUT2D eigenvalue weighted by atomic mass is 19.4. The SMILES string of the molecule is NCCCc1nnc(-c2cccc(C(F)(F)F)c2)o1.